The predicted octanol–water partition coefficient (Wildman–Crippen LogP) is 2.52. The van der Waals surface area contributed by atoms with Crippen LogP contribution >= 0.6 is 0 Å². The standard InChI is InChI=1S/C17H24N2O3S/c1-3-17(20)19-9-8-13-10-12(2)16(11-15(13)19)23(21,22)18-14-6-4-5-7-14/h10-11,14,18H,3-9H2,1-2H3. The van der Waals surface area contributed by atoms with Gasteiger partial charge in [-0.25, -0.2) is 13.1 Å². The maximum absolute atomic E-state index is 12.7. The smallest absolute Gasteiger partial charge is 0.241 e. The Labute approximate surface area is 138 Å². The molecule has 1 aromatic carbocycles. The van der Waals surface area contributed by atoms with Crippen molar-refractivity contribution in [1.82, 2.24) is 4.72 Å². The van der Waals surface area contributed by atoms with Crippen LogP contribution in [0.4, 0.5) is 5.69 Å². The van der Waals surface area contributed by atoms with Crippen LogP contribution in [-0.2, 0) is 21.2 Å². The molecule has 0 radical (unpaired) electrons. The minimum absolute atomic E-state index is 0.0414. The lowest BCUT2D eigenvalue weighted by molar-refractivity contribution is -0.118. The van der Waals surface area contributed by atoms with Crippen LogP contribution in [0.15, 0.2) is 17.0 Å². The van der Waals surface area contributed by atoms with Crippen molar-refractivity contribution >= 4 is 21.6 Å². The zero-order valence-electron chi connectivity index (χ0n) is 13.8. The number of carbonyl (C=O) groups is 1. The van der Waals surface area contributed by atoms with Gasteiger partial charge in [-0.2, -0.15) is 0 Å². The summed E-state index contributed by atoms with van der Waals surface area (Å²) in [6, 6.07) is 3.64. The SMILES string of the molecule is CCC(=O)N1CCc2cc(C)c(S(=O)(=O)NC3CCCC3)cc21. The number of rotatable bonds is 4. The molecule has 1 N–H and O–H groups in total. The van der Waals surface area contributed by atoms with E-state index in [1.165, 1.54) is 0 Å². The van der Waals surface area contributed by atoms with Crippen LogP contribution in [-0.4, -0.2) is 26.9 Å². The van der Waals surface area contributed by atoms with Gasteiger partial charge in [0.25, 0.3) is 0 Å². The summed E-state index contributed by atoms with van der Waals surface area (Å²) in [7, 11) is -3.54. The molecule has 0 aromatic heterocycles. The number of sulfonamides is 1. The second-order valence-electron chi connectivity index (χ2n) is 6.50. The molecule has 0 saturated heterocycles. The van der Waals surface area contributed by atoms with Gasteiger partial charge in [-0.05, 0) is 43.4 Å². The first-order chi connectivity index (χ1) is 10.9. The maximum atomic E-state index is 12.7. The summed E-state index contributed by atoms with van der Waals surface area (Å²) in [5, 5.41) is 0. The van der Waals surface area contributed by atoms with E-state index in [4.69, 9.17) is 0 Å². The lowest BCUT2D eigenvalue weighted by Gasteiger charge is -2.19. The van der Waals surface area contributed by atoms with Gasteiger partial charge in [0.15, 0.2) is 0 Å². The average Bonchev–Trinajstić information content (AvgIpc) is 3.14. The van der Waals surface area contributed by atoms with Crippen molar-refractivity contribution in [1.29, 1.82) is 0 Å². The molecule has 0 atom stereocenters. The molecule has 126 valence electrons. The number of carbonyl (C=O) groups excluding carboxylic acids is 1. The summed E-state index contributed by atoms with van der Waals surface area (Å²) in [5.41, 5.74) is 2.57. The van der Waals surface area contributed by atoms with E-state index in [2.05, 4.69) is 4.72 Å². The molecule has 5 nitrogen and oxygen atoms in total. The molecule has 0 bridgehead atoms. The molecule has 3 rings (SSSR count). The lowest BCUT2D eigenvalue weighted by atomic mass is 10.1. The first-order valence-electron chi connectivity index (χ1n) is 8.38. The second kappa shape index (κ2) is 6.24. The monoisotopic (exact) mass is 336 g/mol. The van der Waals surface area contributed by atoms with Crippen LogP contribution in [0.25, 0.3) is 0 Å². The van der Waals surface area contributed by atoms with Crippen LogP contribution in [0.3, 0.4) is 0 Å². The highest BCUT2D eigenvalue weighted by atomic mass is 32.2. The summed E-state index contributed by atoms with van der Waals surface area (Å²) >= 11 is 0. The van der Waals surface area contributed by atoms with E-state index >= 15 is 0 Å². The molecule has 1 heterocycles. The van der Waals surface area contributed by atoms with E-state index in [0.717, 1.165) is 48.9 Å². The van der Waals surface area contributed by atoms with Crippen molar-refractivity contribution in [3.63, 3.8) is 0 Å². The summed E-state index contributed by atoms with van der Waals surface area (Å²) < 4.78 is 28.3. The van der Waals surface area contributed by atoms with Crippen molar-refractivity contribution in [2.75, 3.05) is 11.4 Å². The van der Waals surface area contributed by atoms with Gasteiger partial charge in [-0.1, -0.05) is 25.8 Å². The fourth-order valence-corrected chi connectivity index (χ4v) is 5.16. The number of aryl methyl sites for hydroxylation is 1. The van der Waals surface area contributed by atoms with Gasteiger partial charge in [-0.3, -0.25) is 4.79 Å². The number of nitrogens with zero attached hydrogens (tertiary/aromatic N) is 1. The third-order valence-corrected chi connectivity index (χ3v) is 6.50. The van der Waals surface area contributed by atoms with Crippen LogP contribution in [0.1, 0.15) is 50.2 Å². The van der Waals surface area contributed by atoms with Crippen molar-refractivity contribution < 1.29 is 13.2 Å². The molecule has 1 saturated carbocycles. The minimum atomic E-state index is -3.54. The molecular formula is C17H24N2O3S. The Hall–Kier alpha value is -1.40. The van der Waals surface area contributed by atoms with Gasteiger partial charge >= 0.3 is 0 Å². The Morgan fingerprint density at radius 3 is 2.65 bits per heavy atom. The molecule has 2 aliphatic rings. The fraction of sp³-hybridized carbons (Fsp3) is 0.588. The van der Waals surface area contributed by atoms with E-state index in [1.54, 1.807) is 11.0 Å². The summed E-state index contributed by atoms with van der Waals surface area (Å²) in [5.74, 6) is 0.0414. The molecule has 1 amide bonds. The number of fused-ring (bicyclic) bond motifs is 1. The first kappa shape index (κ1) is 16.5. The van der Waals surface area contributed by atoms with E-state index in [-0.39, 0.29) is 11.9 Å². The lowest BCUT2D eigenvalue weighted by Crippen LogP contribution is -2.33. The van der Waals surface area contributed by atoms with E-state index in [9.17, 15) is 13.2 Å². The first-order valence-corrected chi connectivity index (χ1v) is 9.87. The van der Waals surface area contributed by atoms with Gasteiger partial charge in [0.1, 0.15) is 0 Å². The van der Waals surface area contributed by atoms with Gasteiger partial charge in [0.05, 0.1) is 4.90 Å². The highest BCUT2D eigenvalue weighted by Crippen LogP contribution is 2.33. The Balaban J connectivity index is 1.95. The summed E-state index contributed by atoms with van der Waals surface area (Å²) in [6.45, 7) is 4.29. The van der Waals surface area contributed by atoms with Gasteiger partial charge in [0, 0.05) is 24.7 Å². The topological polar surface area (TPSA) is 66.5 Å². The number of hydrogen-bond donors (Lipinski definition) is 1. The van der Waals surface area contributed by atoms with E-state index in [0.29, 0.717) is 17.9 Å². The normalized spacial score (nSPS) is 18.4. The summed E-state index contributed by atoms with van der Waals surface area (Å²) in [6.07, 6.45) is 5.19. The third kappa shape index (κ3) is 3.15. The van der Waals surface area contributed by atoms with Crippen LogP contribution < -0.4 is 9.62 Å². The Kier molecular flexibility index (Phi) is 4.47. The van der Waals surface area contributed by atoms with Crippen LogP contribution in [0.2, 0.25) is 0 Å². The average molecular weight is 336 g/mol. The number of anilines is 1. The Bertz CT molecular complexity index is 722. The van der Waals surface area contributed by atoms with Crippen molar-refractivity contribution in [2.45, 2.75) is 63.3 Å². The van der Waals surface area contributed by atoms with Crippen molar-refractivity contribution in [3.8, 4) is 0 Å². The van der Waals surface area contributed by atoms with Gasteiger partial charge < -0.3 is 4.90 Å². The minimum Gasteiger partial charge on any atom is -0.312 e. The maximum Gasteiger partial charge on any atom is 0.241 e. The Morgan fingerprint density at radius 1 is 1.30 bits per heavy atom. The molecule has 0 unspecified atom stereocenters. The van der Waals surface area contributed by atoms with Crippen LogP contribution in [0.5, 0.6) is 0 Å². The van der Waals surface area contributed by atoms with Crippen LogP contribution in [0, 0.1) is 6.92 Å². The van der Waals surface area contributed by atoms with Crippen molar-refractivity contribution in [2.24, 2.45) is 0 Å². The predicted molar refractivity (Wildman–Crippen MR) is 90.1 cm³/mol. The van der Waals surface area contributed by atoms with Gasteiger partial charge in [0.2, 0.25) is 15.9 Å². The fourth-order valence-electron chi connectivity index (χ4n) is 3.61. The molecule has 6 heteroatoms. The summed E-state index contributed by atoms with van der Waals surface area (Å²) in [4.78, 5) is 14.1. The third-order valence-electron chi connectivity index (χ3n) is 4.84. The quantitative estimate of drug-likeness (QED) is 0.919. The molecular weight excluding hydrogens is 312 g/mol. The highest BCUT2D eigenvalue weighted by molar-refractivity contribution is 7.89. The molecule has 1 fully saturated rings. The molecule has 0 spiro atoms. The Morgan fingerprint density at radius 2 is 2.00 bits per heavy atom. The number of amides is 1. The number of benzene rings is 1. The number of nitrogens with one attached hydrogen (secondary N) is 1. The zero-order chi connectivity index (χ0) is 16.6. The molecule has 23 heavy (non-hydrogen) atoms. The molecule has 1 aliphatic heterocycles. The molecule has 1 aromatic rings. The largest absolute Gasteiger partial charge is 0.312 e. The zero-order valence-corrected chi connectivity index (χ0v) is 14.6. The van der Waals surface area contributed by atoms with E-state index < -0.39 is 10.0 Å². The van der Waals surface area contributed by atoms with E-state index in [1.807, 2.05) is 19.9 Å². The highest BCUT2D eigenvalue weighted by Gasteiger charge is 2.29. The van der Waals surface area contributed by atoms with Gasteiger partial charge in [-0.15, -0.1) is 0 Å². The van der Waals surface area contributed by atoms with Crippen molar-refractivity contribution in [3.05, 3.63) is 23.3 Å². The molecule has 1 aliphatic carbocycles. The number of hydrogen-bond acceptors (Lipinski definition) is 3. The second-order valence-corrected chi connectivity index (χ2v) is 8.18.